The van der Waals surface area contributed by atoms with Crippen LogP contribution in [0, 0.1) is 6.92 Å². The zero-order valence-electron chi connectivity index (χ0n) is 15.6. The molecule has 1 heterocycles. The van der Waals surface area contributed by atoms with Gasteiger partial charge in [-0.15, -0.1) is 0 Å². The van der Waals surface area contributed by atoms with Crippen molar-refractivity contribution in [2.24, 2.45) is 4.99 Å². The molecule has 0 amide bonds. The Morgan fingerprint density at radius 2 is 1.96 bits per heavy atom. The number of nitrogens with zero attached hydrogens (tertiary/aromatic N) is 1. The van der Waals surface area contributed by atoms with E-state index in [4.69, 9.17) is 9.15 Å². The van der Waals surface area contributed by atoms with Crippen LogP contribution >= 0.6 is 0 Å². The summed E-state index contributed by atoms with van der Waals surface area (Å²) in [5.74, 6) is 2.24. The number of hydrogen-bond acceptors (Lipinski definition) is 3. The van der Waals surface area contributed by atoms with E-state index in [-0.39, 0.29) is 12.6 Å². The number of halogens is 3. The Bertz CT molecular complexity index is 757. The van der Waals surface area contributed by atoms with Crippen molar-refractivity contribution < 1.29 is 22.3 Å². The second-order valence-corrected chi connectivity index (χ2v) is 6.17. The second kappa shape index (κ2) is 9.45. The highest BCUT2D eigenvalue weighted by molar-refractivity contribution is 5.80. The Kier molecular flexibility index (Phi) is 7.29. The van der Waals surface area contributed by atoms with Crippen LogP contribution in [0.3, 0.4) is 0 Å². The maximum absolute atomic E-state index is 12.2. The highest BCUT2D eigenvalue weighted by atomic mass is 19.4. The van der Waals surface area contributed by atoms with Crippen LogP contribution in [0.4, 0.5) is 13.2 Å². The number of aryl methyl sites for hydroxylation is 1. The summed E-state index contributed by atoms with van der Waals surface area (Å²) in [4.78, 5) is 4.18. The predicted molar refractivity (Wildman–Crippen MR) is 97.3 cm³/mol. The van der Waals surface area contributed by atoms with Crippen molar-refractivity contribution in [3.8, 4) is 0 Å². The zero-order chi connectivity index (χ0) is 19.9. The van der Waals surface area contributed by atoms with Crippen LogP contribution in [0.15, 0.2) is 45.8 Å². The molecule has 8 heteroatoms. The van der Waals surface area contributed by atoms with Crippen LogP contribution in [-0.4, -0.2) is 25.8 Å². The van der Waals surface area contributed by atoms with E-state index in [0.29, 0.717) is 18.1 Å². The fourth-order valence-corrected chi connectivity index (χ4v) is 2.46. The van der Waals surface area contributed by atoms with Gasteiger partial charge in [0.15, 0.2) is 5.96 Å². The molecule has 1 aromatic heterocycles. The van der Waals surface area contributed by atoms with Crippen molar-refractivity contribution in [1.82, 2.24) is 10.6 Å². The lowest BCUT2D eigenvalue weighted by Crippen LogP contribution is -2.38. The summed E-state index contributed by atoms with van der Waals surface area (Å²) < 4.78 is 46.7. The topological polar surface area (TPSA) is 58.8 Å². The average molecular weight is 383 g/mol. The van der Waals surface area contributed by atoms with Gasteiger partial charge in [0.1, 0.15) is 18.1 Å². The Labute approximate surface area is 156 Å². The zero-order valence-corrected chi connectivity index (χ0v) is 15.6. The number of hydrogen-bond donors (Lipinski definition) is 2. The Morgan fingerprint density at radius 3 is 2.59 bits per heavy atom. The van der Waals surface area contributed by atoms with Gasteiger partial charge >= 0.3 is 6.18 Å². The minimum atomic E-state index is -4.32. The first kappa shape index (κ1) is 20.8. The van der Waals surface area contributed by atoms with Crippen LogP contribution in [0.1, 0.15) is 35.6 Å². The standard InChI is InChI=1S/C19H24F3N3O2/c1-13-7-8-17(27-13)14(2)25-18(23-3)24-10-15-5-4-6-16(9-15)11-26-12-19(20,21)22/h4-9,14H,10-12H2,1-3H3,(H2,23,24,25). The third kappa shape index (κ3) is 7.34. The molecule has 1 atom stereocenters. The van der Waals surface area contributed by atoms with Gasteiger partial charge in [-0.25, -0.2) is 0 Å². The molecule has 2 aromatic rings. The maximum atomic E-state index is 12.2. The van der Waals surface area contributed by atoms with E-state index in [1.54, 1.807) is 25.2 Å². The molecule has 27 heavy (non-hydrogen) atoms. The third-order valence-electron chi connectivity index (χ3n) is 3.75. The summed E-state index contributed by atoms with van der Waals surface area (Å²) in [5, 5.41) is 6.40. The van der Waals surface area contributed by atoms with Gasteiger partial charge in [0.25, 0.3) is 0 Å². The Morgan fingerprint density at radius 1 is 1.22 bits per heavy atom. The van der Waals surface area contributed by atoms with E-state index >= 15 is 0 Å². The fraction of sp³-hybridized carbons (Fsp3) is 0.421. The van der Waals surface area contributed by atoms with Crippen LogP contribution in [0.2, 0.25) is 0 Å². The number of nitrogens with one attached hydrogen (secondary N) is 2. The average Bonchev–Trinajstić information content (AvgIpc) is 3.04. The van der Waals surface area contributed by atoms with Crippen molar-refractivity contribution in [3.63, 3.8) is 0 Å². The van der Waals surface area contributed by atoms with Crippen LogP contribution < -0.4 is 10.6 Å². The smallest absolute Gasteiger partial charge is 0.411 e. The van der Waals surface area contributed by atoms with Gasteiger partial charge in [0, 0.05) is 13.6 Å². The van der Waals surface area contributed by atoms with Crippen molar-refractivity contribution in [1.29, 1.82) is 0 Å². The third-order valence-corrected chi connectivity index (χ3v) is 3.75. The van der Waals surface area contributed by atoms with Crippen molar-refractivity contribution >= 4 is 5.96 Å². The van der Waals surface area contributed by atoms with Gasteiger partial charge in [-0.3, -0.25) is 4.99 Å². The van der Waals surface area contributed by atoms with Gasteiger partial charge in [0.05, 0.1) is 12.6 Å². The first-order chi connectivity index (χ1) is 12.8. The molecule has 2 rings (SSSR count). The molecular weight excluding hydrogens is 359 g/mol. The first-order valence-corrected chi connectivity index (χ1v) is 8.52. The van der Waals surface area contributed by atoms with Gasteiger partial charge in [-0.1, -0.05) is 24.3 Å². The number of alkyl halides is 3. The number of furan rings is 1. The lowest BCUT2D eigenvalue weighted by molar-refractivity contribution is -0.176. The van der Waals surface area contributed by atoms with Gasteiger partial charge in [0.2, 0.25) is 0 Å². The van der Waals surface area contributed by atoms with Gasteiger partial charge in [-0.2, -0.15) is 13.2 Å². The van der Waals surface area contributed by atoms with E-state index < -0.39 is 12.8 Å². The summed E-state index contributed by atoms with van der Waals surface area (Å²) in [7, 11) is 1.66. The summed E-state index contributed by atoms with van der Waals surface area (Å²) in [6.45, 7) is 2.97. The normalized spacial score (nSPS) is 13.5. The molecular formula is C19H24F3N3O2. The first-order valence-electron chi connectivity index (χ1n) is 8.52. The molecule has 0 bridgehead atoms. The van der Waals surface area contributed by atoms with E-state index in [1.807, 2.05) is 32.0 Å². The maximum Gasteiger partial charge on any atom is 0.411 e. The number of rotatable bonds is 7. The molecule has 0 aliphatic rings. The number of ether oxygens (including phenoxy) is 1. The number of guanidine groups is 1. The highest BCUT2D eigenvalue weighted by Crippen LogP contribution is 2.17. The molecule has 0 saturated heterocycles. The largest absolute Gasteiger partial charge is 0.464 e. The van der Waals surface area contributed by atoms with E-state index in [1.165, 1.54) is 0 Å². The molecule has 0 aliphatic heterocycles. The minimum absolute atomic E-state index is 0.0630. The highest BCUT2D eigenvalue weighted by Gasteiger charge is 2.27. The summed E-state index contributed by atoms with van der Waals surface area (Å²) in [5.41, 5.74) is 1.59. The Hall–Kier alpha value is -2.48. The molecule has 0 fully saturated rings. The lowest BCUT2D eigenvalue weighted by Gasteiger charge is -2.16. The fourth-order valence-electron chi connectivity index (χ4n) is 2.46. The van der Waals surface area contributed by atoms with E-state index in [2.05, 4.69) is 15.6 Å². The minimum Gasteiger partial charge on any atom is -0.464 e. The summed E-state index contributed by atoms with van der Waals surface area (Å²) >= 11 is 0. The molecule has 2 N–H and O–H groups in total. The predicted octanol–water partition coefficient (Wildman–Crippen LogP) is 4.09. The molecule has 5 nitrogen and oxygen atoms in total. The molecule has 148 valence electrons. The van der Waals surface area contributed by atoms with Crippen LogP contribution in [0.25, 0.3) is 0 Å². The quantitative estimate of drug-likeness (QED) is 0.558. The number of benzene rings is 1. The van der Waals surface area contributed by atoms with Gasteiger partial charge in [-0.05, 0) is 37.1 Å². The van der Waals surface area contributed by atoms with Crippen molar-refractivity contribution in [2.75, 3.05) is 13.7 Å². The molecule has 0 radical (unpaired) electrons. The Balaban J connectivity index is 1.86. The van der Waals surface area contributed by atoms with Crippen molar-refractivity contribution in [3.05, 3.63) is 59.0 Å². The molecule has 0 spiro atoms. The molecule has 1 aromatic carbocycles. The lowest BCUT2D eigenvalue weighted by atomic mass is 10.1. The van der Waals surface area contributed by atoms with Crippen LogP contribution in [0.5, 0.6) is 0 Å². The van der Waals surface area contributed by atoms with Crippen LogP contribution in [-0.2, 0) is 17.9 Å². The number of aliphatic imine (C=N–C) groups is 1. The SMILES string of the molecule is CN=C(NCc1cccc(COCC(F)(F)F)c1)NC(C)c1ccc(C)o1. The van der Waals surface area contributed by atoms with Gasteiger partial charge < -0.3 is 19.8 Å². The monoisotopic (exact) mass is 383 g/mol. The summed E-state index contributed by atoms with van der Waals surface area (Å²) in [6, 6.07) is 10.9. The van der Waals surface area contributed by atoms with E-state index in [0.717, 1.165) is 17.1 Å². The summed E-state index contributed by atoms with van der Waals surface area (Å²) in [6.07, 6.45) is -4.32. The molecule has 0 saturated carbocycles. The molecule has 1 unspecified atom stereocenters. The molecule has 0 aliphatic carbocycles. The van der Waals surface area contributed by atoms with E-state index in [9.17, 15) is 13.2 Å². The van der Waals surface area contributed by atoms with Crippen molar-refractivity contribution in [2.45, 2.75) is 39.2 Å². The second-order valence-electron chi connectivity index (χ2n) is 6.17.